The molecule has 3 aromatic rings. The molecule has 2 heterocycles. The highest BCUT2D eigenvalue weighted by Gasteiger charge is 2.44. The van der Waals surface area contributed by atoms with Gasteiger partial charge in [0.1, 0.15) is 29.4 Å². The third-order valence-electron chi connectivity index (χ3n) is 4.46. The number of nitrogens with two attached hydrogens (primary N) is 1. The fourth-order valence-electron chi connectivity index (χ4n) is 2.82. The predicted molar refractivity (Wildman–Crippen MR) is 119 cm³/mol. The Bertz CT molecular complexity index is 1080. The van der Waals surface area contributed by atoms with Gasteiger partial charge in [0.15, 0.2) is 23.3 Å². The molecule has 0 saturated heterocycles. The number of carbonyl (C=O) groups is 1. The molecule has 1 aromatic carbocycles. The number of anilines is 1. The molecule has 2 aromatic heterocycles. The van der Waals surface area contributed by atoms with E-state index in [4.69, 9.17) is 24.6 Å². The lowest BCUT2D eigenvalue weighted by Gasteiger charge is -2.18. The number of esters is 1. The highest BCUT2D eigenvalue weighted by atomic mass is 31.1. The Kier molecular flexibility index (Phi) is 8.61. The second kappa shape index (κ2) is 11.6. The van der Waals surface area contributed by atoms with E-state index in [1.807, 2.05) is 6.07 Å². The van der Waals surface area contributed by atoms with E-state index in [-0.39, 0.29) is 25.6 Å². The van der Waals surface area contributed by atoms with Crippen molar-refractivity contribution in [3.8, 4) is 5.75 Å². The van der Waals surface area contributed by atoms with Gasteiger partial charge in [0, 0.05) is 7.11 Å². The number of fused-ring (bicyclic) bond motifs is 1. The molecule has 2 N–H and O–H groups in total. The Labute approximate surface area is 191 Å². The molecular weight excluding hydrogens is 451 g/mol. The van der Waals surface area contributed by atoms with Crippen molar-refractivity contribution in [1.82, 2.24) is 24.4 Å². The lowest BCUT2D eigenvalue weighted by atomic mass is 10.3. The number of hydrogen-bond donors (Lipinski definition) is 1. The number of hydroxylamine groups is 1. The number of hydrogen-bond acceptors (Lipinski definition) is 10. The first kappa shape index (κ1) is 24.5. The summed E-state index contributed by atoms with van der Waals surface area (Å²) >= 11 is 0. The van der Waals surface area contributed by atoms with Crippen LogP contribution in [0.3, 0.4) is 0 Å². The van der Waals surface area contributed by atoms with Gasteiger partial charge < -0.3 is 24.6 Å². The molecule has 33 heavy (non-hydrogen) atoms. The summed E-state index contributed by atoms with van der Waals surface area (Å²) in [5, 5.41) is 0. The van der Waals surface area contributed by atoms with E-state index >= 15 is 0 Å². The number of nitrogens with zero attached hydrogens (tertiary/aromatic N) is 5. The van der Waals surface area contributed by atoms with Crippen LogP contribution in [0.5, 0.6) is 5.75 Å². The number of aromatic nitrogens is 4. The molecule has 0 aliphatic carbocycles. The van der Waals surface area contributed by atoms with Crippen LogP contribution in [0.1, 0.15) is 13.8 Å². The summed E-state index contributed by atoms with van der Waals surface area (Å²) < 4.78 is 30.5. The average molecular weight is 477 g/mol. The quantitative estimate of drug-likeness (QED) is 0.178. The van der Waals surface area contributed by atoms with E-state index < -0.39 is 26.3 Å². The molecule has 3 rings (SSSR count). The molecule has 0 spiro atoms. The number of carbonyl (C=O) groups excluding carboxylic acids is 1. The lowest BCUT2D eigenvalue weighted by Crippen LogP contribution is -2.38. The molecule has 0 saturated carbocycles. The van der Waals surface area contributed by atoms with Crippen LogP contribution < -0.4 is 10.6 Å². The Morgan fingerprint density at radius 3 is 2.67 bits per heavy atom. The average Bonchev–Trinajstić information content (AvgIpc) is 3.21. The van der Waals surface area contributed by atoms with Gasteiger partial charge in [-0.2, -0.15) is 0 Å². The molecule has 2 unspecified atom stereocenters. The van der Waals surface area contributed by atoms with Gasteiger partial charge in [-0.1, -0.05) is 18.2 Å². The van der Waals surface area contributed by atoms with Crippen LogP contribution in [-0.2, 0) is 29.9 Å². The van der Waals surface area contributed by atoms with Gasteiger partial charge in [0.25, 0.3) is 0 Å². The van der Waals surface area contributed by atoms with Crippen molar-refractivity contribution in [2.24, 2.45) is 0 Å². The van der Waals surface area contributed by atoms with Gasteiger partial charge in [0.05, 0.1) is 19.5 Å². The number of ether oxygens (including phenoxy) is 2. The SMILES string of the molecule is COCCOC(=O)C(C)N(Oc1ccccc1)[P+](=O)O[C@H](C)Cn1cnc2c(N)ncnc21. The van der Waals surface area contributed by atoms with Crippen LogP contribution in [-0.4, -0.2) is 62.8 Å². The van der Waals surface area contributed by atoms with Crippen molar-refractivity contribution >= 4 is 31.1 Å². The normalized spacial score (nSPS) is 13.6. The van der Waals surface area contributed by atoms with Crippen LogP contribution in [0.25, 0.3) is 11.2 Å². The number of nitrogen functional groups attached to an aromatic ring is 1. The number of rotatable bonds is 12. The van der Waals surface area contributed by atoms with Crippen molar-refractivity contribution in [2.75, 3.05) is 26.1 Å². The molecule has 0 aliphatic heterocycles. The third-order valence-corrected chi connectivity index (χ3v) is 5.75. The van der Waals surface area contributed by atoms with Crippen LogP contribution in [0.15, 0.2) is 43.0 Å². The van der Waals surface area contributed by atoms with Crippen LogP contribution in [0, 0.1) is 0 Å². The first-order valence-corrected chi connectivity index (χ1v) is 11.3. The summed E-state index contributed by atoms with van der Waals surface area (Å²) in [6.07, 6.45) is 2.34. The maximum absolute atomic E-state index is 13.1. The third kappa shape index (κ3) is 6.42. The molecular formula is C20H26N6O6P+. The fourth-order valence-corrected chi connectivity index (χ4v) is 3.83. The smallest absolute Gasteiger partial charge is 0.462 e. The maximum Gasteiger partial charge on any atom is 0.653 e. The summed E-state index contributed by atoms with van der Waals surface area (Å²) in [5.41, 5.74) is 6.82. The van der Waals surface area contributed by atoms with Gasteiger partial charge in [-0.25, -0.2) is 15.0 Å². The van der Waals surface area contributed by atoms with Crippen molar-refractivity contribution in [3.05, 3.63) is 43.0 Å². The second-order valence-corrected chi connectivity index (χ2v) is 8.11. The number of imidazole rings is 1. The lowest BCUT2D eigenvalue weighted by molar-refractivity contribution is -0.156. The summed E-state index contributed by atoms with van der Waals surface area (Å²) in [6.45, 7) is 3.82. The molecule has 0 fully saturated rings. The minimum absolute atomic E-state index is 0.0611. The van der Waals surface area contributed by atoms with Gasteiger partial charge in [-0.15, -0.1) is 4.52 Å². The molecule has 13 heteroatoms. The first-order valence-electron chi connectivity index (χ1n) is 10.1. The topological polar surface area (TPSA) is 144 Å². The molecule has 3 atom stereocenters. The number of methoxy groups -OCH3 is 1. The van der Waals surface area contributed by atoms with Crippen LogP contribution in [0.4, 0.5) is 5.82 Å². The van der Waals surface area contributed by atoms with Crippen molar-refractivity contribution < 1.29 is 28.2 Å². The van der Waals surface area contributed by atoms with Crippen LogP contribution in [0.2, 0.25) is 0 Å². The number of benzene rings is 1. The van der Waals surface area contributed by atoms with Gasteiger partial charge in [0.2, 0.25) is 0 Å². The zero-order valence-electron chi connectivity index (χ0n) is 18.5. The van der Waals surface area contributed by atoms with Crippen molar-refractivity contribution in [3.63, 3.8) is 0 Å². The second-order valence-electron chi connectivity index (χ2n) is 7.03. The maximum atomic E-state index is 13.1. The standard InChI is InChI=1S/C20H26N6O6P/c1-14(11-25-13-24-17-18(21)22-12-23-19(17)25)32-33(28)26(31-16-7-5-4-6-8-16)15(2)20(27)30-10-9-29-3/h4-8,12-15H,9-11H2,1-3H3,(H2,21,22,23)/q+1/t14-,15?/m1/s1. The van der Waals surface area contributed by atoms with E-state index in [1.165, 1.54) is 20.4 Å². The first-order chi connectivity index (χ1) is 15.9. The Hall–Kier alpha value is -3.18. The highest BCUT2D eigenvalue weighted by molar-refractivity contribution is 7.36. The summed E-state index contributed by atoms with van der Waals surface area (Å²) in [6, 6.07) is 7.64. The summed E-state index contributed by atoms with van der Waals surface area (Å²) in [4.78, 5) is 31.5. The fraction of sp³-hybridized carbons (Fsp3) is 0.400. The minimum atomic E-state index is -2.59. The van der Waals surface area contributed by atoms with Crippen molar-refractivity contribution in [2.45, 2.75) is 32.5 Å². The number of para-hydroxylation sites is 1. The Morgan fingerprint density at radius 1 is 1.18 bits per heavy atom. The Morgan fingerprint density at radius 2 is 1.94 bits per heavy atom. The highest BCUT2D eigenvalue weighted by Crippen LogP contribution is 2.34. The van der Waals surface area contributed by atoms with Gasteiger partial charge in [-0.3, -0.25) is 4.79 Å². The van der Waals surface area contributed by atoms with E-state index in [9.17, 15) is 9.36 Å². The van der Waals surface area contributed by atoms with Crippen molar-refractivity contribution in [1.29, 1.82) is 0 Å². The molecule has 0 amide bonds. The molecule has 176 valence electrons. The van der Waals surface area contributed by atoms with E-state index in [2.05, 4.69) is 15.0 Å². The van der Waals surface area contributed by atoms with E-state index in [0.717, 1.165) is 4.83 Å². The van der Waals surface area contributed by atoms with E-state index in [1.54, 1.807) is 42.1 Å². The van der Waals surface area contributed by atoms with Gasteiger partial charge in [-0.05, 0) is 30.5 Å². The summed E-state index contributed by atoms with van der Waals surface area (Å²) in [5.74, 6) is 0.0263. The molecule has 12 nitrogen and oxygen atoms in total. The predicted octanol–water partition coefficient (Wildman–Crippen LogP) is 2.35. The molecule has 0 radical (unpaired) electrons. The van der Waals surface area contributed by atoms with Gasteiger partial charge >= 0.3 is 14.1 Å². The monoisotopic (exact) mass is 477 g/mol. The largest absolute Gasteiger partial charge is 0.653 e. The summed E-state index contributed by atoms with van der Waals surface area (Å²) in [7, 11) is -1.09. The molecule has 0 bridgehead atoms. The zero-order chi connectivity index (χ0) is 23.8. The molecule has 0 aliphatic rings. The minimum Gasteiger partial charge on any atom is -0.462 e. The van der Waals surface area contributed by atoms with E-state index in [0.29, 0.717) is 16.9 Å². The van der Waals surface area contributed by atoms with Crippen LogP contribution >= 0.6 is 8.18 Å². The zero-order valence-corrected chi connectivity index (χ0v) is 19.4. The Balaban J connectivity index is 1.71.